The van der Waals surface area contributed by atoms with Gasteiger partial charge in [-0.2, -0.15) is 0 Å². The van der Waals surface area contributed by atoms with Crippen LogP contribution in [0.2, 0.25) is 0 Å². The molecule has 2 heterocycles. The van der Waals surface area contributed by atoms with Crippen LogP contribution in [0, 0.1) is 6.92 Å². The SMILES string of the molecule is Cc1cccc(OCCNC(=O)Nc2ccc(N3CCCC3)nc2)c1. The molecule has 6 heteroatoms. The Morgan fingerprint density at radius 1 is 1.24 bits per heavy atom. The largest absolute Gasteiger partial charge is 0.492 e. The highest BCUT2D eigenvalue weighted by Crippen LogP contribution is 2.19. The first-order valence-corrected chi connectivity index (χ1v) is 8.66. The molecule has 0 atom stereocenters. The van der Waals surface area contributed by atoms with Crippen molar-refractivity contribution >= 4 is 17.5 Å². The van der Waals surface area contributed by atoms with Crippen LogP contribution in [0.5, 0.6) is 5.75 Å². The van der Waals surface area contributed by atoms with Gasteiger partial charge in [0.2, 0.25) is 0 Å². The van der Waals surface area contributed by atoms with Gasteiger partial charge in [0.15, 0.2) is 0 Å². The topological polar surface area (TPSA) is 66.5 Å². The number of pyridine rings is 1. The molecule has 0 unspecified atom stereocenters. The van der Waals surface area contributed by atoms with Crippen LogP contribution < -0.4 is 20.3 Å². The van der Waals surface area contributed by atoms with E-state index in [2.05, 4.69) is 20.5 Å². The van der Waals surface area contributed by atoms with Crippen molar-refractivity contribution in [2.45, 2.75) is 19.8 Å². The van der Waals surface area contributed by atoms with Gasteiger partial charge in [-0.05, 0) is 49.6 Å². The monoisotopic (exact) mass is 340 g/mol. The number of benzene rings is 1. The van der Waals surface area contributed by atoms with E-state index in [9.17, 15) is 4.79 Å². The Labute approximate surface area is 148 Å². The van der Waals surface area contributed by atoms with Gasteiger partial charge in [-0.25, -0.2) is 9.78 Å². The third kappa shape index (κ3) is 5.11. The number of hydrogen-bond acceptors (Lipinski definition) is 4. The third-order valence-corrected chi connectivity index (χ3v) is 4.08. The van der Waals surface area contributed by atoms with E-state index >= 15 is 0 Å². The van der Waals surface area contributed by atoms with Crippen LogP contribution in [0.4, 0.5) is 16.3 Å². The van der Waals surface area contributed by atoms with E-state index in [1.807, 2.05) is 43.3 Å². The van der Waals surface area contributed by atoms with Crippen LogP contribution in [-0.2, 0) is 0 Å². The van der Waals surface area contributed by atoms with Crippen molar-refractivity contribution in [3.05, 3.63) is 48.2 Å². The van der Waals surface area contributed by atoms with Crippen LogP contribution >= 0.6 is 0 Å². The molecule has 2 aromatic rings. The maximum absolute atomic E-state index is 11.9. The van der Waals surface area contributed by atoms with Crippen molar-refractivity contribution in [3.8, 4) is 5.75 Å². The molecule has 6 nitrogen and oxygen atoms in total. The molecule has 132 valence electrons. The summed E-state index contributed by atoms with van der Waals surface area (Å²) >= 11 is 0. The normalized spacial score (nSPS) is 13.6. The van der Waals surface area contributed by atoms with E-state index in [0.717, 1.165) is 30.2 Å². The zero-order valence-corrected chi connectivity index (χ0v) is 14.5. The summed E-state index contributed by atoms with van der Waals surface area (Å²) in [6, 6.07) is 11.4. The van der Waals surface area contributed by atoms with Gasteiger partial charge in [0, 0.05) is 13.1 Å². The van der Waals surface area contributed by atoms with Gasteiger partial charge in [0.1, 0.15) is 18.2 Å². The molecule has 1 fully saturated rings. The lowest BCUT2D eigenvalue weighted by Crippen LogP contribution is -2.32. The van der Waals surface area contributed by atoms with E-state index in [0.29, 0.717) is 18.8 Å². The number of ether oxygens (including phenoxy) is 1. The van der Waals surface area contributed by atoms with E-state index < -0.39 is 0 Å². The first-order valence-electron chi connectivity index (χ1n) is 8.66. The van der Waals surface area contributed by atoms with E-state index in [4.69, 9.17) is 4.74 Å². The van der Waals surface area contributed by atoms with Gasteiger partial charge in [-0.1, -0.05) is 12.1 Å². The van der Waals surface area contributed by atoms with Crippen LogP contribution in [0.25, 0.3) is 0 Å². The van der Waals surface area contributed by atoms with E-state index in [-0.39, 0.29) is 6.03 Å². The molecule has 2 amide bonds. The van der Waals surface area contributed by atoms with Crippen molar-refractivity contribution in [2.24, 2.45) is 0 Å². The molecule has 0 aliphatic carbocycles. The minimum atomic E-state index is -0.261. The van der Waals surface area contributed by atoms with Crippen LogP contribution in [0.3, 0.4) is 0 Å². The van der Waals surface area contributed by atoms with Crippen LogP contribution in [0.1, 0.15) is 18.4 Å². The van der Waals surface area contributed by atoms with E-state index in [1.54, 1.807) is 6.20 Å². The van der Waals surface area contributed by atoms with Gasteiger partial charge in [-0.3, -0.25) is 0 Å². The Morgan fingerprint density at radius 3 is 2.80 bits per heavy atom. The number of hydrogen-bond donors (Lipinski definition) is 2. The molecule has 25 heavy (non-hydrogen) atoms. The number of amides is 2. The predicted molar refractivity (Wildman–Crippen MR) is 99.4 cm³/mol. The third-order valence-electron chi connectivity index (χ3n) is 4.08. The molecule has 1 aromatic carbocycles. The number of aryl methyl sites for hydroxylation is 1. The Balaban J connectivity index is 1.38. The average molecular weight is 340 g/mol. The minimum Gasteiger partial charge on any atom is -0.492 e. The van der Waals surface area contributed by atoms with Gasteiger partial charge in [-0.15, -0.1) is 0 Å². The zero-order chi connectivity index (χ0) is 17.5. The molecule has 0 bridgehead atoms. The summed E-state index contributed by atoms with van der Waals surface area (Å²) < 4.78 is 5.60. The second-order valence-electron chi connectivity index (χ2n) is 6.15. The maximum atomic E-state index is 11.9. The standard InChI is InChI=1S/C19H24N4O2/c1-15-5-4-6-17(13-15)25-12-9-20-19(24)22-16-7-8-18(21-14-16)23-10-2-3-11-23/h4-8,13-14H,2-3,9-12H2,1H3,(H2,20,22,24). The summed E-state index contributed by atoms with van der Waals surface area (Å²) in [7, 11) is 0. The smallest absolute Gasteiger partial charge is 0.319 e. The lowest BCUT2D eigenvalue weighted by molar-refractivity contribution is 0.247. The zero-order valence-electron chi connectivity index (χ0n) is 14.5. The molecule has 0 spiro atoms. The molecule has 0 radical (unpaired) electrons. The van der Waals surface area contributed by atoms with Gasteiger partial charge >= 0.3 is 6.03 Å². The number of nitrogens with zero attached hydrogens (tertiary/aromatic N) is 2. The van der Waals surface area contributed by atoms with Crippen molar-refractivity contribution in [3.63, 3.8) is 0 Å². The number of urea groups is 1. The van der Waals surface area contributed by atoms with Gasteiger partial charge < -0.3 is 20.3 Å². The number of carbonyl (C=O) groups is 1. The highest BCUT2D eigenvalue weighted by atomic mass is 16.5. The second kappa shape index (κ2) is 8.37. The molecule has 1 saturated heterocycles. The van der Waals surface area contributed by atoms with Crippen molar-refractivity contribution in [2.75, 3.05) is 36.5 Å². The summed E-state index contributed by atoms with van der Waals surface area (Å²) in [5.41, 5.74) is 1.83. The van der Waals surface area contributed by atoms with Crippen molar-refractivity contribution in [1.82, 2.24) is 10.3 Å². The fourth-order valence-corrected chi connectivity index (χ4v) is 2.81. The predicted octanol–water partition coefficient (Wildman–Crippen LogP) is 3.19. The highest BCUT2D eigenvalue weighted by molar-refractivity contribution is 5.89. The van der Waals surface area contributed by atoms with Crippen molar-refractivity contribution in [1.29, 1.82) is 0 Å². The lowest BCUT2D eigenvalue weighted by Gasteiger charge is -2.16. The van der Waals surface area contributed by atoms with Gasteiger partial charge in [0.05, 0.1) is 18.4 Å². The summed E-state index contributed by atoms with van der Waals surface area (Å²) in [6.07, 6.45) is 4.12. The molecule has 0 saturated carbocycles. The van der Waals surface area contributed by atoms with Crippen LogP contribution in [-0.4, -0.2) is 37.3 Å². The first kappa shape index (κ1) is 17.1. The Morgan fingerprint density at radius 2 is 2.08 bits per heavy atom. The summed E-state index contributed by atoms with van der Waals surface area (Å²) in [6.45, 7) is 4.98. The Kier molecular flexibility index (Phi) is 5.72. The molecular formula is C19H24N4O2. The fourth-order valence-electron chi connectivity index (χ4n) is 2.81. The molecule has 1 aliphatic heterocycles. The quantitative estimate of drug-likeness (QED) is 0.793. The number of rotatable bonds is 6. The van der Waals surface area contributed by atoms with E-state index in [1.165, 1.54) is 12.8 Å². The van der Waals surface area contributed by atoms with Crippen LogP contribution in [0.15, 0.2) is 42.6 Å². The second-order valence-corrected chi connectivity index (χ2v) is 6.15. The number of nitrogens with one attached hydrogen (secondary N) is 2. The Bertz CT molecular complexity index is 697. The van der Waals surface area contributed by atoms with Gasteiger partial charge in [0.25, 0.3) is 0 Å². The van der Waals surface area contributed by atoms with Crippen molar-refractivity contribution < 1.29 is 9.53 Å². The molecule has 3 rings (SSSR count). The maximum Gasteiger partial charge on any atom is 0.319 e. The minimum absolute atomic E-state index is 0.261. The summed E-state index contributed by atoms with van der Waals surface area (Å²) in [5.74, 6) is 1.78. The summed E-state index contributed by atoms with van der Waals surface area (Å²) in [5, 5.41) is 5.55. The number of anilines is 2. The molecule has 2 N–H and O–H groups in total. The lowest BCUT2D eigenvalue weighted by atomic mass is 10.2. The average Bonchev–Trinajstić information content (AvgIpc) is 3.14. The summed E-state index contributed by atoms with van der Waals surface area (Å²) in [4.78, 5) is 18.6. The number of carbonyl (C=O) groups excluding carboxylic acids is 1. The first-order chi connectivity index (χ1) is 12.2. The molecular weight excluding hydrogens is 316 g/mol. The number of aromatic nitrogens is 1. The Hall–Kier alpha value is -2.76. The highest BCUT2D eigenvalue weighted by Gasteiger charge is 2.13. The molecule has 1 aliphatic rings. The fraction of sp³-hybridized carbons (Fsp3) is 0.368. The molecule has 1 aromatic heterocycles.